The number of H-pyrrole nitrogens is 1. The fourth-order valence-corrected chi connectivity index (χ4v) is 4.97. The second kappa shape index (κ2) is 10.6. The standard InChI is InChI=1S/C25H29N3O6S/c1-6-33-20-12-10-18(11-13-20)28-35(31,32)21-14-19(9-8-15(21)3)27-24(29)23-16(4)22(17(5)26-23)25(30)34-7-2/h8-14,26,28H,6-7H2,1-5H3,(H,27,29). The van der Waals surface area contributed by atoms with E-state index in [4.69, 9.17) is 9.47 Å². The van der Waals surface area contributed by atoms with Crippen molar-refractivity contribution in [1.29, 1.82) is 0 Å². The number of nitrogens with one attached hydrogen (secondary N) is 3. The number of aromatic nitrogens is 1. The Morgan fingerprint density at radius 3 is 2.23 bits per heavy atom. The van der Waals surface area contributed by atoms with Gasteiger partial charge in [-0.25, -0.2) is 13.2 Å². The van der Waals surface area contributed by atoms with Gasteiger partial charge in [0.2, 0.25) is 0 Å². The van der Waals surface area contributed by atoms with Crippen LogP contribution in [-0.2, 0) is 14.8 Å². The van der Waals surface area contributed by atoms with Gasteiger partial charge in [0.05, 0.1) is 23.7 Å². The molecule has 0 radical (unpaired) electrons. The Labute approximate surface area is 204 Å². The fraction of sp³-hybridized carbons (Fsp3) is 0.280. The van der Waals surface area contributed by atoms with Gasteiger partial charge in [0.15, 0.2) is 0 Å². The molecule has 35 heavy (non-hydrogen) atoms. The average molecular weight is 500 g/mol. The third-order valence-corrected chi connectivity index (χ3v) is 6.82. The highest BCUT2D eigenvalue weighted by atomic mass is 32.2. The van der Waals surface area contributed by atoms with Gasteiger partial charge in [-0.1, -0.05) is 6.07 Å². The van der Waals surface area contributed by atoms with Crippen molar-refractivity contribution in [2.45, 2.75) is 39.5 Å². The highest BCUT2D eigenvalue weighted by Crippen LogP contribution is 2.25. The molecular weight excluding hydrogens is 470 g/mol. The van der Waals surface area contributed by atoms with Crippen LogP contribution in [0.4, 0.5) is 11.4 Å². The van der Waals surface area contributed by atoms with Crippen LogP contribution in [0.2, 0.25) is 0 Å². The van der Waals surface area contributed by atoms with Crippen molar-refractivity contribution >= 4 is 33.3 Å². The van der Waals surface area contributed by atoms with Crippen LogP contribution in [0, 0.1) is 20.8 Å². The van der Waals surface area contributed by atoms with E-state index < -0.39 is 21.9 Å². The lowest BCUT2D eigenvalue weighted by molar-refractivity contribution is 0.0525. The van der Waals surface area contributed by atoms with Gasteiger partial charge in [-0.05, 0) is 82.1 Å². The molecule has 10 heteroatoms. The summed E-state index contributed by atoms with van der Waals surface area (Å²) >= 11 is 0. The molecule has 0 fully saturated rings. The van der Waals surface area contributed by atoms with Crippen LogP contribution in [0.3, 0.4) is 0 Å². The number of anilines is 2. The van der Waals surface area contributed by atoms with Crippen molar-refractivity contribution in [3.05, 3.63) is 70.5 Å². The van der Waals surface area contributed by atoms with E-state index in [0.717, 1.165) is 0 Å². The summed E-state index contributed by atoms with van der Waals surface area (Å²) in [5, 5.41) is 2.70. The molecule has 0 saturated heterocycles. The first-order chi connectivity index (χ1) is 16.6. The Balaban J connectivity index is 1.83. The summed E-state index contributed by atoms with van der Waals surface area (Å²) in [5.74, 6) is -0.382. The van der Waals surface area contributed by atoms with E-state index in [9.17, 15) is 18.0 Å². The number of esters is 1. The van der Waals surface area contributed by atoms with Crippen molar-refractivity contribution in [3.8, 4) is 5.75 Å². The van der Waals surface area contributed by atoms with E-state index in [1.807, 2.05) is 6.92 Å². The van der Waals surface area contributed by atoms with Gasteiger partial charge >= 0.3 is 5.97 Å². The zero-order valence-corrected chi connectivity index (χ0v) is 21.1. The summed E-state index contributed by atoms with van der Waals surface area (Å²) in [7, 11) is -3.93. The van der Waals surface area contributed by atoms with Gasteiger partial charge in [0.1, 0.15) is 11.4 Å². The Kier molecular flexibility index (Phi) is 7.85. The molecule has 2 aromatic carbocycles. The third kappa shape index (κ3) is 5.83. The molecule has 3 aromatic rings. The number of hydrogen-bond donors (Lipinski definition) is 3. The summed E-state index contributed by atoms with van der Waals surface area (Å²) in [5.41, 5.74) is 2.65. The Morgan fingerprint density at radius 1 is 0.943 bits per heavy atom. The molecule has 0 bridgehead atoms. The highest BCUT2D eigenvalue weighted by molar-refractivity contribution is 7.92. The number of benzene rings is 2. The van der Waals surface area contributed by atoms with Crippen molar-refractivity contribution in [2.24, 2.45) is 0 Å². The topological polar surface area (TPSA) is 127 Å². The minimum absolute atomic E-state index is 0.0239. The van der Waals surface area contributed by atoms with Gasteiger partial charge in [0.25, 0.3) is 15.9 Å². The maximum Gasteiger partial charge on any atom is 0.340 e. The minimum atomic E-state index is -3.93. The second-order valence-electron chi connectivity index (χ2n) is 7.84. The van der Waals surface area contributed by atoms with E-state index in [1.165, 1.54) is 6.07 Å². The molecule has 9 nitrogen and oxygen atoms in total. The molecule has 186 valence electrons. The maximum atomic E-state index is 13.1. The molecule has 0 unspecified atom stereocenters. The number of rotatable bonds is 9. The van der Waals surface area contributed by atoms with Gasteiger partial charge in [-0.2, -0.15) is 0 Å². The van der Waals surface area contributed by atoms with E-state index in [1.54, 1.807) is 64.1 Å². The van der Waals surface area contributed by atoms with Crippen LogP contribution in [0.5, 0.6) is 5.75 Å². The smallest absolute Gasteiger partial charge is 0.340 e. The molecule has 0 aliphatic heterocycles. The fourth-order valence-electron chi connectivity index (χ4n) is 3.64. The number of carbonyl (C=O) groups excluding carboxylic acids is 2. The van der Waals surface area contributed by atoms with Crippen LogP contribution in [0.15, 0.2) is 47.4 Å². The number of aryl methyl sites for hydroxylation is 2. The monoisotopic (exact) mass is 499 g/mol. The predicted molar refractivity (Wildman–Crippen MR) is 134 cm³/mol. The Hall–Kier alpha value is -3.79. The maximum absolute atomic E-state index is 13.1. The number of ether oxygens (including phenoxy) is 2. The summed E-state index contributed by atoms with van der Waals surface area (Å²) in [6.07, 6.45) is 0. The molecule has 0 aliphatic rings. The number of aromatic amines is 1. The zero-order valence-electron chi connectivity index (χ0n) is 20.3. The lowest BCUT2D eigenvalue weighted by Gasteiger charge is -2.13. The SMILES string of the molecule is CCOC(=O)c1c(C)[nH]c(C(=O)Nc2ccc(C)c(S(=O)(=O)Nc3ccc(OCC)cc3)c2)c1C. The average Bonchev–Trinajstić information content (AvgIpc) is 3.10. The van der Waals surface area contributed by atoms with Gasteiger partial charge in [-0.3, -0.25) is 9.52 Å². The van der Waals surface area contributed by atoms with E-state index in [-0.39, 0.29) is 22.9 Å². The van der Waals surface area contributed by atoms with Crippen molar-refractivity contribution in [2.75, 3.05) is 23.3 Å². The van der Waals surface area contributed by atoms with Gasteiger partial charge in [0, 0.05) is 17.1 Å². The summed E-state index contributed by atoms with van der Waals surface area (Å²) in [6.45, 7) is 9.29. The molecule has 1 aromatic heterocycles. The molecule has 1 amide bonds. The van der Waals surface area contributed by atoms with E-state index in [2.05, 4.69) is 15.0 Å². The van der Waals surface area contributed by atoms with Crippen LogP contribution < -0.4 is 14.8 Å². The number of amides is 1. The zero-order chi connectivity index (χ0) is 25.8. The third-order valence-electron chi connectivity index (χ3n) is 5.30. The molecular formula is C25H29N3O6S. The second-order valence-corrected chi connectivity index (χ2v) is 9.49. The molecule has 0 saturated carbocycles. The first-order valence-electron chi connectivity index (χ1n) is 11.1. The lowest BCUT2D eigenvalue weighted by atomic mass is 10.1. The van der Waals surface area contributed by atoms with Gasteiger partial charge in [-0.15, -0.1) is 0 Å². The largest absolute Gasteiger partial charge is 0.494 e. The number of sulfonamides is 1. The summed E-state index contributed by atoms with van der Waals surface area (Å²) in [4.78, 5) is 28.1. The van der Waals surface area contributed by atoms with Gasteiger partial charge < -0.3 is 19.8 Å². The van der Waals surface area contributed by atoms with Crippen molar-refractivity contribution in [1.82, 2.24) is 4.98 Å². The first-order valence-corrected chi connectivity index (χ1v) is 12.6. The van der Waals surface area contributed by atoms with Crippen LogP contribution >= 0.6 is 0 Å². The molecule has 0 atom stereocenters. The predicted octanol–water partition coefficient (Wildman–Crippen LogP) is 4.57. The number of carbonyl (C=O) groups is 2. The number of hydrogen-bond acceptors (Lipinski definition) is 6. The molecule has 0 spiro atoms. The Bertz CT molecular complexity index is 1340. The molecule has 0 aliphatic carbocycles. The lowest BCUT2D eigenvalue weighted by Crippen LogP contribution is -2.17. The van der Waals surface area contributed by atoms with Crippen LogP contribution in [-0.4, -0.2) is 38.5 Å². The van der Waals surface area contributed by atoms with Crippen molar-refractivity contribution < 1.29 is 27.5 Å². The molecule has 3 N–H and O–H groups in total. The summed E-state index contributed by atoms with van der Waals surface area (Å²) in [6, 6.07) is 11.2. The highest BCUT2D eigenvalue weighted by Gasteiger charge is 2.24. The van der Waals surface area contributed by atoms with Crippen molar-refractivity contribution in [3.63, 3.8) is 0 Å². The summed E-state index contributed by atoms with van der Waals surface area (Å²) < 4.78 is 39.1. The Morgan fingerprint density at radius 2 is 1.60 bits per heavy atom. The minimum Gasteiger partial charge on any atom is -0.494 e. The molecule has 1 heterocycles. The van der Waals surface area contributed by atoms with E-state index >= 15 is 0 Å². The molecule has 3 rings (SSSR count). The van der Waals surface area contributed by atoms with Crippen LogP contribution in [0.25, 0.3) is 0 Å². The first kappa shape index (κ1) is 25.8. The normalized spacial score (nSPS) is 11.1. The quantitative estimate of drug-likeness (QED) is 0.370. The van der Waals surface area contributed by atoms with Crippen LogP contribution in [0.1, 0.15) is 51.5 Å². The van der Waals surface area contributed by atoms with E-state index in [0.29, 0.717) is 40.4 Å².